The lowest BCUT2D eigenvalue weighted by Gasteiger charge is -2.33. The molecule has 0 aliphatic carbocycles. The van der Waals surface area contributed by atoms with Gasteiger partial charge in [-0.15, -0.1) is 0 Å². The molecule has 1 aliphatic heterocycles. The van der Waals surface area contributed by atoms with Crippen molar-refractivity contribution in [3.63, 3.8) is 0 Å². The van der Waals surface area contributed by atoms with Crippen molar-refractivity contribution in [2.45, 2.75) is 31.2 Å². The number of carbonyl (C=O) groups excluding carboxylic acids is 2. The number of rotatable bonds is 8. The van der Waals surface area contributed by atoms with E-state index in [-0.39, 0.29) is 23.3 Å². The van der Waals surface area contributed by atoms with Crippen molar-refractivity contribution >= 4 is 21.8 Å². The number of nitrogens with one attached hydrogen (secondary N) is 2. The second-order valence-electron chi connectivity index (χ2n) is 6.57. The Hall–Kier alpha value is -1.97. The Labute approximate surface area is 161 Å². The molecule has 1 aromatic carbocycles. The Balaban J connectivity index is 1.80. The van der Waals surface area contributed by atoms with Crippen LogP contribution >= 0.6 is 0 Å². The first-order chi connectivity index (χ1) is 12.8. The lowest BCUT2D eigenvalue weighted by Crippen LogP contribution is -2.53. The van der Waals surface area contributed by atoms with Gasteiger partial charge in [-0.3, -0.25) is 14.5 Å². The summed E-state index contributed by atoms with van der Waals surface area (Å²) >= 11 is 0. The van der Waals surface area contributed by atoms with Crippen molar-refractivity contribution in [3.8, 4) is 0 Å². The quantitative estimate of drug-likeness (QED) is 0.646. The van der Waals surface area contributed by atoms with E-state index in [0.717, 1.165) is 6.42 Å². The number of carbonyl (C=O) groups is 2. The van der Waals surface area contributed by atoms with Gasteiger partial charge in [-0.1, -0.05) is 25.1 Å². The number of nitrogens with zero attached hydrogens (tertiary/aromatic N) is 2. The molecule has 1 fully saturated rings. The van der Waals surface area contributed by atoms with Gasteiger partial charge in [0.2, 0.25) is 21.8 Å². The Bertz CT molecular complexity index is 731. The van der Waals surface area contributed by atoms with Crippen LogP contribution in [-0.4, -0.2) is 74.7 Å². The monoisotopic (exact) mass is 396 g/mol. The molecular formula is C18H28N4O4S. The molecule has 9 heteroatoms. The SMILES string of the molecule is CCCNC(=O)[C@@H](C)NC(=O)CN1CCN(S(=O)(=O)c2ccccc2)CC1. The van der Waals surface area contributed by atoms with Crippen molar-refractivity contribution in [1.29, 1.82) is 0 Å². The van der Waals surface area contributed by atoms with Crippen LogP contribution < -0.4 is 10.6 Å². The van der Waals surface area contributed by atoms with Crippen LogP contribution in [0, 0.1) is 0 Å². The van der Waals surface area contributed by atoms with E-state index in [9.17, 15) is 18.0 Å². The van der Waals surface area contributed by atoms with Crippen LogP contribution in [0.4, 0.5) is 0 Å². The number of sulfonamides is 1. The van der Waals surface area contributed by atoms with Gasteiger partial charge >= 0.3 is 0 Å². The smallest absolute Gasteiger partial charge is 0.243 e. The number of hydrogen-bond donors (Lipinski definition) is 2. The molecule has 150 valence electrons. The lowest BCUT2D eigenvalue weighted by molar-refractivity contribution is -0.129. The number of benzene rings is 1. The highest BCUT2D eigenvalue weighted by molar-refractivity contribution is 7.89. The van der Waals surface area contributed by atoms with Gasteiger partial charge in [0.1, 0.15) is 6.04 Å². The van der Waals surface area contributed by atoms with Crippen molar-refractivity contribution in [2.75, 3.05) is 39.3 Å². The van der Waals surface area contributed by atoms with Crippen LogP contribution in [0.2, 0.25) is 0 Å². The van der Waals surface area contributed by atoms with Gasteiger partial charge < -0.3 is 10.6 Å². The van der Waals surface area contributed by atoms with Crippen LogP contribution in [0.1, 0.15) is 20.3 Å². The van der Waals surface area contributed by atoms with Gasteiger partial charge in [0.15, 0.2) is 0 Å². The van der Waals surface area contributed by atoms with E-state index in [1.165, 1.54) is 4.31 Å². The summed E-state index contributed by atoms with van der Waals surface area (Å²) in [5, 5.41) is 5.42. The summed E-state index contributed by atoms with van der Waals surface area (Å²) in [4.78, 5) is 26.1. The first-order valence-corrected chi connectivity index (χ1v) is 10.6. The highest BCUT2D eigenvalue weighted by Gasteiger charge is 2.29. The van der Waals surface area contributed by atoms with Crippen LogP contribution in [-0.2, 0) is 19.6 Å². The molecule has 0 aromatic heterocycles. The van der Waals surface area contributed by atoms with Crippen molar-refractivity contribution in [2.24, 2.45) is 0 Å². The minimum atomic E-state index is -3.50. The fraction of sp³-hybridized carbons (Fsp3) is 0.556. The zero-order valence-corrected chi connectivity index (χ0v) is 16.7. The maximum atomic E-state index is 12.6. The Kier molecular flexibility index (Phi) is 7.76. The third-order valence-electron chi connectivity index (χ3n) is 4.40. The molecule has 8 nitrogen and oxygen atoms in total. The molecule has 2 rings (SSSR count). The van der Waals surface area contributed by atoms with Gasteiger partial charge in [-0.2, -0.15) is 4.31 Å². The largest absolute Gasteiger partial charge is 0.354 e. The lowest BCUT2D eigenvalue weighted by atomic mass is 10.3. The molecule has 1 atom stereocenters. The summed E-state index contributed by atoms with van der Waals surface area (Å²) in [5.41, 5.74) is 0. The molecule has 0 radical (unpaired) electrons. The molecule has 0 saturated carbocycles. The highest BCUT2D eigenvalue weighted by atomic mass is 32.2. The van der Waals surface area contributed by atoms with Crippen molar-refractivity contribution < 1.29 is 18.0 Å². The second-order valence-corrected chi connectivity index (χ2v) is 8.51. The summed E-state index contributed by atoms with van der Waals surface area (Å²) in [6.45, 7) is 5.93. The Morgan fingerprint density at radius 2 is 1.74 bits per heavy atom. The summed E-state index contributed by atoms with van der Waals surface area (Å²) < 4.78 is 26.7. The molecule has 2 amide bonds. The third-order valence-corrected chi connectivity index (χ3v) is 6.31. The van der Waals surface area contributed by atoms with Crippen LogP contribution in [0.25, 0.3) is 0 Å². The molecule has 1 heterocycles. The summed E-state index contributed by atoms with van der Waals surface area (Å²) in [7, 11) is -3.50. The van der Waals surface area contributed by atoms with E-state index in [0.29, 0.717) is 32.7 Å². The maximum absolute atomic E-state index is 12.6. The van der Waals surface area contributed by atoms with Gasteiger partial charge in [-0.25, -0.2) is 8.42 Å². The average Bonchev–Trinajstić information content (AvgIpc) is 2.67. The average molecular weight is 397 g/mol. The molecule has 27 heavy (non-hydrogen) atoms. The van der Waals surface area contributed by atoms with E-state index in [4.69, 9.17) is 0 Å². The normalized spacial score (nSPS) is 17.3. The predicted molar refractivity (Wildman–Crippen MR) is 103 cm³/mol. The zero-order chi connectivity index (χ0) is 19.9. The summed E-state index contributed by atoms with van der Waals surface area (Å²) in [6.07, 6.45) is 0.836. The molecule has 2 N–H and O–H groups in total. The fourth-order valence-electron chi connectivity index (χ4n) is 2.83. The topological polar surface area (TPSA) is 98.8 Å². The Morgan fingerprint density at radius 3 is 2.33 bits per heavy atom. The molecule has 0 unspecified atom stereocenters. The minimum absolute atomic E-state index is 0.143. The zero-order valence-electron chi connectivity index (χ0n) is 15.8. The van der Waals surface area contributed by atoms with E-state index in [1.54, 1.807) is 37.3 Å². The van der Waals surface area contributed by atoms with E-state index < -0.39 is 16.1 Å². The fourth-order valence-corrected chi connectivity index (χ4v) is 4.27. The minimum Gasteiger partial charge on any atom is -0.354 e. The van der Waals surface area contributed by atoms with Gasteiger partial charge in [0, 0.05) is 32.7 Å². The number of hydrogen-bond acceptors (Lipinski definition) is 5. The van der Waals surface area contributed by atoms with Gasteiger partial charge in [-0.05, 0) is 25.5 Å². The van der Waals surface area contributed by atoms with E-state index in [1.807, 2.05) is 11.8 Å². The number of piperazine rings is 1. The molecule has 1 saturated heterocycles. The van der Waals surface area contributed by atoms with E-state index in [2.05, 4.69) is 10.6 Å². The van der Waals surface area contributed by atoms with Crippen LogP contribution in [0.3, 0.4) is 0 Å². The predicted octanol–water partition coefficient (Wildman–Crippen LogP) is 0.0238. The van der Waals surface area contributed by atoms with E-state index >= 15 is 0 Å². The third kappa shape index (κ3) is 6.02. The molecule has 1 aromatic rings. The second kappa shape index (κ2) is 9.82. The summed E-state index contributed by atoms with van der Waals surface area (Å²) in [5.74, 6) is -0.447. The molecular weight excluding hydrogens is 368 g/mol. The standard InChI is InChI=1S/C18H28N4O4S/c1-3-9-19-18(24)15(2)20-17(23)14-21-10-12-22(13-11-21)27(25,26)16-7-5-4-6-8-16/h4-8,15H,3,9-14H2,1-2H3,(H,19,24)(H,20,23)/t15-/m1/s1. The highest BCUT2D eigenvalue weighted by Crippen LogP contribution is 2.16. The molecule has 1 aliphatic rings. The van der Waals surface area contributed by atoms with Crippen LogP contribution in [0.5, 0.6) is 0 Å². The summed E-state index contributed by atoms with van der Waals surface area (Å²) in [6, 6.07) is 7.75. The first-order valence-electron chi connectivity index (χ1n) is 9.19. The van der Waals surface area contributed by atoms with Gasteiger partial charge in [0.05, 0.1) is 11.4 Å². The maximum Gasteiger partial charge on any atom is 0.243 e. The first kappa shape index (κ1) is 21.3. The van der Waals surface area contributed by atoms with Crippen molar-refractivity contribution in [3.05, 3.63) is 30.3 Å². The van der Waals surface area contributed by atoms with Gasteiger partial charge in [0.25, 0.3) is 0 Å². The molecule has 0 bridgehead atoms. The van der Waals surface area contributed by atoms with Crippen LogP contribution in [0.15, 0.2) is 35.2 Å². The molecule has 0 spiro atoms. The Morgan fingerprint density at radius 1 is 1.11 bits per heavy atom. The van der Waals surface area contributed by atoms with Crippen molar-refractivity contribution in [1.82, 2.24) is 19.8 Å². The number of amides is 2.